The van der Waals surface area contributed by atoms with E-state index < -0.39 is 0 Å². The minimum atomic E-state index is 0.0257. The number of likely N-dealkylation sites (tertiary alicyclic amines) is 1. The molecule has 1 heterocycles. The number of Topliss-reactive ketones (excluding diaryl/α,β-unsaturated/α-hetero) is 1. The van der Waals surface area contributed by atoms with Gasteiger partial charge in [0.05, 0.1) is 6.54 Å². The normalized spacial score (nSPS) is 19.3. The molecule has 1 aliphatic rings. The quantitative estimate of drug-likeness (QED) is 0.780. The molecule has 1 fully saturated rings. The molecule has 1 aromatic carbocycles. The number of carbonyl (C=O) groups is 2. The highest BCUT2D eigenvalue weighted by molar-refractivity contribution is 5.99. The predicted octanol–water partition coefficient (Wildman–Crippen LogP) is 2.86. The molecule has 0 bridgehead atoms. The molecule has 0 N–H and O–H groups in total. The van der Waals surface area contributed by atoms with Crippen LogP contribution >= 0.6 is 0 Å². The third-order valence-corrected chi connectivity index (χ3v) is 3.64. The first-order chi connectivity index (χ1) is 8.97. The fourth-order valence-corrected chi connectivity index (χ4v) is 2.44. The minimum absolute atomic E-state index is 0.0257. The Hall–Kier alpha value is -1.64. The number of hydrogen-bond donors (Lipinski definition) is 0. The number of benzene rings is 1. The van der Waals surface area contributed by atoms with Crippen molar-refractivity contribution >= 4 is 11.7 Å². The highest BCUT2D eigenvalue weighted by Gasteiger charge is 2.27. The Morgan fingerprint density at radius 1 is 1.32 bits per heavy atom. The van der Waals surface area contributed by atoms with E-state index in [-0.39, 0.29) is 18.2 Å². The van der Waals surface area contributed by atoms with E-state index in [2.05, 4.69) is 13.8 Å². The molecule has 1 atom stereocenters. The van der Waals surface area contributed by atoms with Gasteiger partial charge < -0.3 is 4.90 Å². The van der Waals surface area contributed by atoms with Crippen molar-refractivity contribution in [1.82, 2.24) is 4.90 Å². The van der Waals surface area contributed by atoms with Crippen molar-refractivity contribution in [2.45, 2.75) is 33.1 Å². The summed E-state index contributed by atoms with van der Waals surface area (Å²) in [5, 5.41) is 0. The first-order valence-electron chi connectivity index (χ1n) is 6.88. The van der Waals surface area contributed by atoms with Crippen molar-refractivity contribution in [3.05, 3.63) is 35.4 Å². The highest BCUT2D eigenvalue weighted by Crippen LogP contribution is 2.18. The fraction of sp³-hybridized carbons (Fsp3) is 0.500. The molecule has 1 aliphatic heterocycles. The molecule has 3 heteroatoms. The van der Waals surface area contributed by atoms with Crippen LogP contribution in [0.4, 0.5) is 0 Å². The van der Waals surface area contributed by atoms with Crippen molar-refractivity contribution in [1.29, 1.82) is 0 Å². The summed E-state index contributed by atoms with van der Waals surface area (Å²) in [5.41, 5.74) is 1.92. The molecule has 0 radical (unpaired) electrons. The largest absolute Gasteiger partial charge is 0.335 e. The summed E-state index contributed by atoms with van der Waals surface area (Å²) < 4.78 is 0. The third kappa shape index (κ3) is 3.22. The molecule has 1 unspecified atom stereocenters. The number of nitrogens with zero attached hydrogens (tertiary/aromatic N) is 1. The van der Waals surface area contributed by atoms with Crippen molar-refractivity contribution in [3.63, 3.8) is 0 Å². The molecule has 0 saturated carbocycles. The maximum Gasteiger partial charge on any atom is 0.223 e. The smallest absolute Gasteiger partial charge is 0.223 e. The molecular formula is C16H21NO2. The van der Waals surface area contributed by atoms with Crippen molar-refractivity contribution in [2.75, 3.05) is 13.1 Å². The molecule has 1 saturated heterocycles. The zero-order valence-corrected chi connectivity index (χ0v) is 11.8. The van der Waals surface area contributed by atoms with E-state index in [0.29, 0.717) is 30.4 Å². The summed E-state index contributed by atoms with van der Waals surface area (Å²) in [6, 6.07) is 7.71. The summed E-state index contributed by atoms with van der Waals surface area (Å²) >= 11 is 0. The average Bonchev–Trinajstić information content (AvgIpc) is 2.68. The van der Waals surface area contributed by atoms with Gasteiger partial charge in [0, 0.05) is 18.5 Å². The van der Waals surface area contributed by atoms with Crippen LogP contribution in [0.25, 0.3) is 0 Å². The van der Waals surface area contributed by atoms with Crippen LogP contribution in [-0.2, 0) is 4.79 Å². The molecule has 19 heavy (non-hydrogen) atoms. The van der Waals surface area contributed by atoms with Crippen molar-refractivity contribution in [3.8, 4) is 0 Å². The van der Waals surface area contributed by atoms with Gasteiger partial charge in [0.1, 0.15) is 0 Å². The van der Waals surface area contributed by atoms with Crippen LogP contribution in [0.2, 0.25) is 0 Å². The summed E-state index contributed by atoms with van der Waals surface area (Å²) in [6.45, 7) is 7.21. The van der Waals surface area contributed by atoms with E-state index in [4.69, 9.17) is 0 Å². The molecule has 0 aromatic heterocycles. The number of carbonyl (C=O) groups excluding carboxylic acids is 2. The lowest BCUT2D eigenvalue weighted by molar-refractivity contribution is -0.127. The maximum absolute atomic E-state index is 12.1. The van der Waals surface area contributed by atoms with Crippen LogP contribution < -0.4 is 0 Å². The Labute approximate surface area is 114 Å². The molecule has 0 spiro atoms. The van der Waals surface area contributed by atoms with E-state index in [1.54, 1.807) is 4.90 Å². The summed E-state index contributed by atoms with van der Waals surface area (Å²) in [7, 11) is 0. The molecule has 0 aliphatic carbocycles. The van der Waals surface area contributed by atoms with E-state index in [0.717, 1.165) is 0 Å². The molecule has 1 aromatic rings. The second kappa shape index (κ2) is 5.55. The minimum Gasteiger partial charge on any atom is -0.335 e. The highest BCUT2D eigenvalue weighted by atomic mass is 16.2. The summed E-state index contributed by atoms with van der Waals surface area (Å²) in [5.74, 6) is 0.950. The zero-order valence-electron chi connectivity index (χ0n) is 11.8. The van der Waals surface area contributed by atoms with Gasteiger partial charge in [0.25, 0.3) is 0 Å². The van der Waals surface area contributed by atoms with Gasteiger partial charge in [-0.1, -0.05) is 45.0 Å². The lowest BCUT2D eigenvalue weighted by atomic mass is 10.0. The van der Waals surface area contributed by atoms with Crippen LogP contribution in [-0.4, -0.2) is 29.7 Å². The molecule has 3 nitrogen and oxygen atoms in total. The summed E-state index contributed by atoms with van der Waals surface area (Å²) in [4.78, 5) is 25.5. The van der Waals surface area contributed by atoms with Crippen molar-refractivity contribution < 1.29 is 9.59 Å². The molecule has 2 rings (SSSR count). The first-order valence-corrected chi connectivity index (χ1v) is 6.88. The van der Waals surface area contributed by atoms with Crippen LogP contribution in [0.3, 0.4) is 0 Å². The molecular weight excluding hydrogens is 238 g/mol. The zero-order chi connectivity index (χ0) is 14.0. The Morgan fingerprint density at radius 3 is 2.42 bits per heavy atom. The van der Waals surface area contributed by atoms with Gasteiger partial charge in [-0.05, 0) is 17.4 Å². The van der Waals surface area contributed by atoms with Crippen LogP contribution in [0.5, 0.6) is 0 Å². The van der Waals surface area contributed by atoms with E-state index >= 15 is 0 Å². The lowest BCUT2D eigenvalue weighted by Gasteiger charge is -2.15. The predicted molar refractivity (Wildman–Crippen MR) is 75.2 cm³/mol. The van der Waals surface area contributed by atoms with Crippen LogP contribution in [0.1, 0.15) is 49.0 Å². The average molecular weight is 259 g/mol. The Morgan fingerprint density at radius 2 is 1.95 bits per heavy atom. The first kappa shape index (κ1) is 13.8. The van der Waals surface area contributed by atoms with Crippen molar-refractivity contribution in [2.24, 2.45) is 5.92 Å². The van der Waals surface area contributed by atoms with Crippen LogP contribution in [0, 0.1) is 5.92 Å². The monoisotopic (exact) mass is 259 g/mol. The Bertz CT molecular complexity index is 476. The topological polar surface area (TPSA) is 37.4 Å². The second-order valence-corrected chi connectivity index (χ2v) is 5.78. The van der Waals surface area contributed by atoms with E-state index in [1.807, 2.05) is 31.2 Å². The van der Waals surface area contributed by atoms with E-state index in [9.17, 15) is 9.59 Å². The number of ketones is 1. The van der Waals surface area contributed by atoms with Gasteiger partial charge in [0.2, 0.25) is 5.91 Å². The second-order valence-electron chi connectivity index (χ2n) is 5.78. The van der Waals surface area contributed by atoms with Gasteiger partial charge >= 0.3 is 0 Å². The van der Waals surface area contributed by atoms with Gasteiger partial charge in [-0.25, -0.2) is 0 Å². The standard InChI is InChI=1S/C16H21NO2/c1-11(2)13-4-6-14(7-5-13)15(18)10-17-9-12(3)8-16(17)19/h4-7,11-12H,8-10H2,1-3H3. The molecule has 1 amide bonds. The molecule has 102 valence electrons. The Balaban J connectivity index is 2.02. The lowest BCUT2D eigenvalue weighted by Crippen LogP contribution is -2.31. The SMILES string of the molecule is CC1CC(=O)N(CC(=O)c2ccc(C(C)C)cc2)C1. The number of rotatable bonds is 4. The number of hydrogen-bond acceptors (Lipinski definition) is 2. The third-order valence-electron chi connectivity index (χ3n) is 3.64. The van der Waals surface area contributed by atoms with Gasteiger partial charge in [-0.3, -0.25) is 9.59 Å². The number of amides is 1. The van der Waals surface area contributed by atoms with Gasteiger partial charge in [0.15, 0.2) is 5.78 Å². The van der Waals surface area contributed by atoms with Gasteiger partial charge in [-0.2, -0.15) is 0 Å². The van der Waals surface area contributed by atoms with Crippen LogP contribution in [0.15, 0.2) is 24.3 Å². The maximum atomic E-state index is 12.1. The fourth-order valence-electron chi connectivity index (χ4n) is 2.44. The Kier molecular flexibility index (Phi) is 4.03. The van der Waals surface area contributed by atoms with E-state index in [1.165, 1.54) is 5.56 Å². The van der Waals surface area contributed by atoms with Gasteiger partial charge in [-0.15, -0.1) is 0 Å². The summed E-state index contributed by atoms with van der Waals surface area (Å²) in [6.07, 6.45) is 0.569.